The Kier molecular flexibility index (Phi) is 3.50. The summed E-state index contributed by atoms with van der Waals surface area (Å²) < 4.78 is 9.43. The van der Waals surface area contributed by atoms with E-state index >= 15 is 0 Å². The summed E-state index contributed by atoms with van der Waals surface area (Å²) in [5.41, 5.74) is 0. The van der Waals surface area contributed by atoms with Crippen molar-refractivity contribution in [2.45, 2.75) is 0 Å². The van der Waals surface area contributed by atoms with E-state index in [1.165, 1.54) is 24.8 Å². The molecule has 2 rings (SSSR count). The smallest absolute Gasteiger partial charge is 0.338 e. The molecule has 0 aliphatic heterocycles. The second-order valence-electron chi connectivity index (χ2n) is 2.96. The van der Waals surface area contributed by atoms with E-state index in [1.54, 1.807) is 0 Å². The fourth-order valence-electron chi connectivity index (χ4n) is 1.01. The number of rotatable bonds is 4. The summed E-state index contributed by atoms with van der Waals surface area (Å²) in [7, 11) is 0. The van der Waals surface area contributed by atoms with Crippen LogP contribution in [0.15, 0.2) is 36.9 Å². The van der Waals surface area contributed by atoms with Crippen LogP contribution in [0.3, 0.4) is 0 Å². The van der Waals surface area contributed by atoms with E-state index < -0.39 is 11.9 Å². The van der Waals surface area contributed by atoms with Gasteiger partial charge in [-0.2, -0.15) is 0 Å². The first kappa shape index (κ1) is 11.6. The highest BCUT2D eigenvalue weighted by Crippen LogP contribution is 2.01. The van der Waals surface area contributed by atoms with Gasteiger partial charge >= 0.3 is 24.0 Å². The highest BCUT2D eigenvalue weighted by Gasteiger charge is 2.05. The second kappa shape index (κ2) is 5.43. The average molecular weight is 248 g/mol. The fourth-order valence-corrected chi connectivity index (χ4v) is 1.01. The number of hydrogen-bond donors (Lipinski definition) is 2. The number of nitrogens with one attached hydrogen (secondary N) is 2. The Labute approximate surface area is 101 Å². The molecule has 0 amide bonds. The van der Waals surface area contributed by atoms with Gasteiger partial charge in [-0.15, -0.1) is 0 Å². The van der Waals surface area contributed by atoms with Crippen LogP contribution < -0.4 is 9.47 Å². The predicted octanol–water partition coefficient (Wildman–Crippen LogP) is 0.200. The standard InChI is InChI=1S/C10H8N4O4/c15-7(17-9-11-3-4-12-9)1-2-8(16)18-10-13-5-6-14-10/h1-6H,(H,11,12)(H,13,14)/b2-1-. The molecule has 2 heterocycles. The van der Waals surface area contributed by atoms with Crippen LogP contribution in [0, 0.1) is 0 Å². The maximum Gasteiger partial charge on any atom is 0.338 e. The molecule has 8 nitrogen and oxygen atoms in total. The Hall–Kier alpha value is -2.90. The zero-order chi connectivity index (χ0) is 12.8. The molecule has 2 aromatic heterocycles. The Morgan fingerprint density at radius 3 is 1.72 bits per heavy atom. The molecular formula is C10H8N4O4. The minimum atomic E-state index is -0.749. The van der Waals surface area contributed by atoms with Gasteiger partial charge in [-0.25, -0.2) is 19.6 Å². The first-order chi connectivity index (χ1) is 8.74. The van der Waals surface area contributed by atoms with Crippen LogP contribution in [0.5, 0.6) is 12.0 Å². The van der Waals surface area contributed by atoms with Gasteiger partial charge in [0, 0.05) is 36.9 Å². The van der Waals surface area contributed by atoms with Gasteiger partial charge in [0.15, 0.2) is 0 Å². The van der Waals surface area contributed by atoms with Crippen molar-refractivity contribution in [2.75, 3.05) is 0 Å². The van der Waals surface area contributed by atoms with Gasteiger partial charge in [-0.3, -0.25) is 0 Å². The predicted molar refractivity (Wildman–Crippen MR) is 57.6 cm³/mol. The van der Waals surface area contributed by atoms with Crippen molar-refractivity contribution in [1.29, 1.82) is 0 Å². The summed E-state index contributed by atoms with van der Waals surface area (Å²) in [6.45, 7) is 0. The first-order valence-electron chi connectivity index (χ1n) is 4.84. The van der Waals surface area contributed by atoms with E-state index in [-0.39, 0.29) is 12.0 Å². The number of ether oxygens (including phenoxy) is 2. The molecule has 0 aliphatic rings. The molecule has 0 saturated carbocycles. The van der Waals surface area contributed by atoms with Gasteiger partial charge in [0.2, 0.25) is 0 Å². The highest BCUT2D eigenvalue weighted by molar-refractivity contribution is 5.93. The van der Waals surface area contributed by atoms with Gasteiger partial charge in [-0.1, -0.05) is 0 Å². The van der Waals surface area contributed by atoms with Crippen molar-refractivity contribution < 1.29 is 19.1 Å². The van der Waals surface area contributed by atoms with Crippen molar-refractivity contribution in [2.24, 2.45) is 0 Å². The third-order valence-electron chi connectivity index (χ3n) is 1.70. The maximum atomic E-state index is 11.2. The molecule has 0 radical (unpaired) electrons. The number of carbonyl (C=O) groups is 2. The number of aromatic amines is 2. The van der Waals surface area contributed by atoms with Crippen molar-refractivity contribution in [1.82, 2.24) is 19.9 Å². The van der Waals surface area contributed by atoms with Crippen molar-refractivity contribution in [3.8, 4) is 12.0 Å². The van der Waals surface area contributed by atoms with Gasteiger partial charge in [0.25, 0.3) is 0 Å². The molecule has 0 aromatic carbocycles. The third kappa shape index (κ3) is 3.30. The van der Waals surface area contributed by atoms with Crippen molar-refractivity contribution in [3.05, 3.63) is 36.9 Å². The van der Waals surface area contributed by atoms with Crippen molar-refractivity contribution >= 4 is 11.9 Å². The number of esters is 2. The highest BCUT2D eigenvalue weighted by atomic mass is 16.6. The summed E-state index contributed by atoms with van der Waals surface area (Å²) in [6, 6.07) is 0.0908. The second-order valence-corrected chi connectivity index (χ2v) is 2.96. The van der Waals surface area contributed by atoms with Crippen LogP contribution in [0.2, 0.25) is 0 Å². The van der Waals surface area contributed by atoms with Crippen LogP contribution >= 0.6 is 0 Å². The summed E-state index contributed by atoms with van der Waals surface area (Å²) in [4.78, 5) is 34.9. The van der Waals surface area contributed by atoms with Crippen LogP contribution in [0.4, 0.5) is 0 Å². The summed E-state index contributed by atoms with van der Waals surface area (Å²) >= 11 is 0. The normalized spacial score (nSPS) is 10.4. The minimum absolute atomic E-state index is 0.0454. The molecule has 18 heavy (non-hydrogen) atoms. The monoisotopic (exact) mass is 248 g/mol. The van der Waals surface area contributed by atoms with Crippen molar-refractivity contribution in [3.63, 3.8) is 0 Å². The number of H-pyrrole nitrogens is 2. The van der Waals surface area contributed by atoms with Crippen LogP contribution in [-0.2, 0) is 9.59 Å². The zero-order valence-corrected chi connectivity index (χ0v) is 8.99. The summed E-state index contributed by atoms with van der Waals surface area (Å²) in [5, 5.41) is 0. The lowest BCUT2D eigenvalue weighted by Gasteiger charge is -1.95. The lowest BCUT2D eigenvalue weighted by molar-refractivity contribution is -0.132. The van der Waals surface area contributed by atoms with E-state index in [9.17, 15) is 9.59 Å². The molecular weight excluding hydrogens is 240 g/mol. The van der Waals surface area contributed by atoms with Crippen LogP contribution in [-0.4, -0.2) is 31.9 Å². The molecule has 2 aromatic rings. The number of imidazole rings is 2. The number of nitrogens with zero attached hydrogens (tertiary/aromatic N) is 2. The van der Waals surface area contributed by atoms with Gasteiger partial charge < -0.3 is 19.4 Å². The van der Waals surface area contributed by atoms with E-state index in [1.807, 2.05) is 0 Å². The molecule has 0 atom stereocenters. The summed E-state index contributed by atoms with van der Waals surface area (Å²) in [5.74, 6) is -1.50. The lowest BCUT2D eigenvalue weighted by Crippen LogP contribution is -2.09. The molecule has 0 spiro atoms. The number of aromatic nitrogens is 4. The molecule has 0 aliphatic carbocycles. The minimum Gasteiger partial charge on any atom is -0.389 e. The Morgan fingerprint density at radius 1 is 0.944 bits per heavy atom. The Balaban J connectivity index is 1.83. The van der Waals surface area contributed by atoms with E-state index in [0.717, 1.165) is 12.2 Å². The largest absolute Gasteiger partial charge is 0.389 e. The fraction of sp³-hybridized carbons (Fsp3) is 0. The average Bonchev–Trinajstić information content (AvgIpc) is 2.99. The van der Waals surface area contributed by atoms with Gasteiger partial charge in [0.05, 0.1) is 0 Å². The quantitative estimate of drug-likeness (QED) is 0.590. The van der Waals surface area contributed by atoms with Gasteiger partial charge in [0.1, 0.15) is 0 Å². The topological polar surface area (TPSA) is 110 Å². The van der Waals surface area contributed by atoms with E-state index in [0.29, 0.717) is 0 Å². The maximum absolute atomic E-state index is 11.2. The Morgan fingerprint density at radius 2 is 1.39 bits per heavy atom. The molecule has 92 valence electrons. The molecule has 2 N–H and O–H groups in total. The SMILES string of the molecule is O=C(/C=C\C(=O)Oc1ncc[nH]1)Oc1ncc[nH]1. The van der Waals surface area contributed by atoms with Crippen LogP contribution in [0.25, 0.3) is 0 Å². The molecule has 8 heteroatoms. The molecule has 0 fully saturated rings. The van der Waals surface area contributed by atoms with Gasteiger partial charge in [-0.05, 0) is 0 Å². The molecule has 0 saturated heterocycles. The third-order valence-corrected chi connectivity index (χ3v) is 1.70. The number of hydrogen-bond acceptors (Lipinski definition) is 6. The lowest BCUT2D eigenvalue weighted by atomic mass is 10.5. The van der Waals surface area contributed by atoms with E-state index in [4.69, 9.17) is 9.47 Å². The summed E-state index contributed by atoms with van der Waals surface area (Å²) in [6.07, 6.45) is 7.70. The van der Waals surface area contributed by atoms with E-state index in [2.05, 4.69) is 19.9 Å². The molecule has 0 bridgehead atoms. The molecule has 0 unspecified atom stereocenters. The first-order valence-corrected chi connectivity index (χ1v) is 4.84. The van der Waals surface area contributed by atoms with Crippen LogP contribution in [0.1, 0.15) is 0 Å². The zero-order valence-electron chi connectivity index (χ0n) is 8.99. The Bertz CT molecular complexity index is 494. The number of carbonyl (C=O) groups excluding carboxylic acids is 2.